The molecule has 0 aliphatic carbocycles. The van der Waals surface area contributed by atoms with E-state index in [-0.39, 0.29) is 0 Å². The van der Waals surface area contributed by atoms with Crippen molar-refractivity contribution < 1.29 is 0 Å². The van der Waals surface area contributed by atoms with Crippen molar-refractivity contribution in [3.8, 4) is 0 Å². The monoisotopic (exact) mass is 388 g/mol. The third-order valence-electron chi connectivity index (χ3n) is 4.74. The Kier molecular flexibility index (Phi) is 7.15. The maximum absolute atomic E-state index is 4.79. The zero-order valence-corrected chi connectivity index (χ0v) is 17.5. The first-order chi connectivity index (χ1) is 13.2. The van der Waals surface area contributed by atoms with Crippen molar-refractivity contribution in [2.45, 2.75) is 52.7 Å². The third kappa shape index (κ3) is 5.73. The summed E-state index contributed by atoms with van der Waals surface area (Å²) in [6.45, 7) is 11.2. The predicted molar refractivity (Wildman–Crippen MR) is 115 cm³/mol. The van der Waals surface area contributed by atoms with Gasteiger partial charge in [0, 0.05) is 44.6 Å². The number of hydrogen-bond acceptors (Lipinski definition) is 4. The number of imidazole rings is 1. The van der Waals surface area contributed by atoms with E-state index in [1.165, 1.54) is 5.00 Å². The van der Waals surface area contributed by atoms with Crippen LogP contribution in [0, 0.1) is 5.92 Å². The van der Waals surface area contributed by atoms with Gasteiger partial charge in [-0.3, -0.25) is 0 Å². The Bertz CT molecular complexity index is 698. The smallest absolute Gasteiger partial charge is 0.191 e. The Morgan fingerprint density at radius 2 is 2.19 bits per heavy atom. The summed E-state index contributed by atoms with van der Waals surface area (Å²) in [4.78, 5) is 11.7. The van der Waals surface area contributed by atoms with Gasteiger partial charge in [0.1, 0.15) is 12.4 Å². The summed E-state index contributed by atoms with van der Waals surface area (Å²) >= 11 is 1.82. The van der Waals surface area contributed by atoms with Crippen molar-refractivity contribution in [2.75, 3.05) is 24.5 Å². The quantitative estimate of drug-likeness (QED) is 0.564. The maximum Gasteiger partial charge on any atom is 0.191 e. The van der Waals surface area contributed by atoms with Crippen LogP contribution in [0.25, 0.3) is 0 Å². The molecule has 0 unspecified atom stereocenters. The van der Waals surface area contributed by atoms with Crippen LogP contribution in [0.2, 0.25) is 0 Å². The van der Waals surface area contributed by atoms with Gasteiger partial charge in [-0.15, -0.1) is 11.3 Å². The highest BCUT2D eigenvalue weighted by molar-refractivity contribution is 7.14. The molecule has 3 heterocycles. The van der Waals surface area contributed by atoms with E-state index in [0.29, 0.717) is 18.5 Å². The third-order valence-corrected chi connectivity index (χ3v) is 5.67. The summed E-state index contributed by atoms with van der Waals surface area (Å²) in [6, 6.07) is 4.81. The van der Waals surface area contributed by atoms with E-state index in [9.17, 15) is 0 Å². The Morgan fingerprint density at radius 3 is 2.85 bits per heavy atom. The Balaban J connectivity index is 1.55. The van der Waals surface area contributed by atoms with Crippen LogP contribution in [-0.2, 0) is 13.1 Å². The fourth-order valence-electron chi connectivity index (χ4n) is 3.41. The predicted octanol–water partition coefficient (Wildman–Crippen LogP) is 3.32. The molecule has 2 aromatic heterocycles. The molecular weight excluding hydrogens is 356 g/mol. The van der Waals surface area contributed by atoms with Gasteiger partial charge >= 0.3 is 0 Å². The number of piperidine rings is 1. The molecule has 3 rings (SSSR count). The molecule has 0 spiro atoms. The lowest BCUT2D eigenvalue weighted by atomic mass is 10.1. The molecule has 1 fully saturated rings. The second-order valence-corrected chi connectivity index (χ2v) is 8.37. The molecule has 1 aliphatic rings. The number of nitrogens with one attached hydrogen (secondary N) is 2. The Hall–Kier alpha value is -2.02. The van der Waals surface area contributed by atoms with Crippen molar-refractivity contribution in [1.82, 2.24) is 20.2 Å². The zero-order valence-electron chi connectivity index (χ0n) is 16.7. The normalized spacial score (nSPS) is 16.1. The topological polar surface area (TPSA) is 57.5 Å². The summed E-state index contributed by atoms with van der Waals surface area (Å²) < 4.78 is 2.21. The maximum atomic E-state index is 4.79. The lowest BCUT2D eigenvalue weighted by Crippen LogP contribution is -2.48. The largest absolute Gasteiger partial charge is 0.363 e. The van der Waals surface area contributed by atoms with Crippen molar-refractivity contribution in [3.63, 3.8) is 0 Å². The van der Waals surface area contributed by atoms with Gasteiger partial charge < -0.3 is 20.1 Å². The Morgan fingerprint density at radius 1 is 1.37 bits per heavy atom. The fraction of sp³-hybridized carbons (Fsp3) is 0.600. The minimum Gasteiger partial charge on any atom is -0.363 e. The van der Waals surface area contributed by atoms with E-state index in [4.69, 9.17) is 4.99 Å². The molecule has 6 nitrogen and oxygen atoms in total. The van der Waals surface area contributed by atoms with Crippen LogP contribution >= 0.6 is 11.3 Å². The minimum atomic E-state index is 0.467. The first-order valence-electron chi connectivity index (χ1n) is 9.99. The highest BCUT2D eigenvalue weighted by Crippen LogP contribution is 2.24. The van der Waals surface area contributed by atoms with E-state index in [1.807, 2.05) is 23.7 Å². The van der Waals surface area contributed by atoms with Crippen LogP contribution < -0.4 is 15.5 Å². The number of hydrogen-bond donors (Lipinski definition) is 2. The van der Waals surface area contributed by atoms with Gasteiger partial charge in [-0.2, -0.15) is 0 Å². The molecule has 1 saturated heterocycles. The van der Waals surface area contributed by atoms with Gasteiger partial charge in [0.15, 0.2) is 5.96 Å². The van der Waals surface area contributed by atoms with Gasteiger partial charge in [0.05, 0.1) is 5.00 Å². The molecule has 0 bridgehead atoms. The lowest BCUT2D eigenvalue weighted by molar-refractivity contribution is 0.462. The van der Waals surface area contributed by atoms with Crippen LogP contribution in [0.5, 0.6) is 0 Å². The summed E-state index contributed by atoms with van der Waals surface area (Å²) in [5.41, 5.74) is 0. The van der Waals surface area contributed by atoms with Gasteiger partial charge in [0.2, 0.25) is 0 Å². The molecule has 7 heteroatoms. The number of aromatic nitrogens is 2. The molecule has 1 aliphatic heterocycles. The summed E-state index contributed by atoms with van der Waals surface area (Å²) in [7, 11) is 0. The SMILES string of the molecule is CCNC(=NCc1nccn1CC(C)C)NC1CCN(c2cccs2)CC1. The average Bonchev–Trinajstić information content (AvgIpc) is 3.32. The highest BCUT2D eigenvalue weighted by atomic mass is 32.1. The fourth-order valence-corrected chi connectivity index (χ4v) is 4.19. The summed E-state index contributed by atoms with van der Waals surface area (Å²) in [6.07, 6.45) is 6.17. The van der Waals surface area contributed by atoms with E-state index >= 15 is 0 Å². The number of aliphatic imine (C=N–C) groups is 1. The van der Waals surface area contributed by atoms with Crippen molar-refractivity contribution >= 4 is 22.3 Å². The van der Waals surface area contributed by atoms with Gasteiger partial charge in [-0.1, -0.05) is 13.8 Å². The first kappa shape index (κ1) is 19.7. The Labute approximate surface area is 166 Å². The molecule has 0 aromatic carbocycles. The number of rotatable bonds is 7. The molecule has 0 atom stereocenters. The molecule has 148 valence electrons. The first-order valence-corrected chi connectivity index (χ1v) is 10.9. The van der Waals surface area contributed by atoms with Crippen LogP contribution in [-0.4, -0.2) is 41.2 Å². The van der Waals surface area contributed by atoms with Crippen LogP contribution in [0.1, 0.15) is 39.4 Å². The second-order valence-electron chi connectivity index (χ2n) is 7.44. The van der Waals surface area contributed by atoms with Gasteiger partial charge in [0.25, 0.3) is 0 Å². The number of nitrogens with zero attached hydrogens (tertiary/aromatic N) is 4. The highest BCUT2D eigenvalue weighted by Gasteiger charge is 2.20. The average molecular weight is 389 g/mol. The van der Waals surface area contributed by atoms with Crippen molar-refractivity contribution in [3.05, 3.63) is 35.7 Å². The standard InChI is InChI=1S/C20H32N6S/c1-4-21-20(23-14-18-22-9-12-26(18)15-16(2)3)24-17-7-10-25(11-8-17)19-6-5-13-27-19/h5-6,9,12-13,16-17H,4,7-8,10-11,14-15H2,1-3H3,(H2,21,23,24). The molecule has 0 radical (unpaired) electrons. The lowest BCUT2D eigenvalue weighted by Gasteiger charge is -2.33. The van der Waals surface area contributed by atoms with E-state index in [2.05, 4.69) is 63.4 Å². The number of guanidine groups is 1. The van der Waals surface area contributed by atoms with Gasteiger partial charge in [-0.05, 0) is 43.2 Å². The van der Waals surface area contributed by atoms with Crippen molar-refractivity contribution in [1.29, 1.82) is 0 Å². The van der Waals surface area contributed by atoms with Crippen LogP contribution in [0.4, 0.5) is 5.00 Å². The molecule has 2 N–H and O–H groups in total. The van der Waals surface area contributed by atoms with Crippen LogP contribution in [0.15, 0.2) is 34.9 Å². The minimum absolute atomic E-state index is 0.467. The number of thiophene rings is 1. The molecule has 0 saturated carbocycles. The second kappa shape index (κ2) is 9.78. The molecule has 2 aromatic rings. The van der Waals surface area contributed by atoms with Crippen molar-refractivity contribution in [2.24, 2.45) is 10.9 Å². The zero-order chi connectivity index (χ0) is 19.1. The molecule has 27 heavy (non-hydrogen) atoms. The summed E-state index contributed by atoms with van der Waals surface area (Å²) in [5, 5.41) is 10.5. The summed E-state index contributed by atoms with van der Waals surface area (Å²) in [5.74, 6) is 2.52. The van der Waals surface area contributed by atoms with E-state index in [0.717, 1.165) is 50.8 Å². The van der Waals surface area contributed by atoms with E-state index in [1.54, 1.807) is 0 Å². The number of anilines is 1. The van der Waals surface area contributed by atoms with Crippen LogP contribution in [0.3, 0.4) is 0 Å². The van der Waals surface area contributed by atoms with E-state index < -0.39 is 0 Å². The molecular formula is C20H32N6S. The molecule has 0 amide bonds. The van der Waals surface area contributed by atoms with Gasteiger partial charge in [-0.25, -0.2) is 9.98 Å².